The number of hydrogen-bond donors (Lipinski definition) is 1. The second kappa shape index (κ2) is 5.32. The number of carboxylic acids is 1. The van der Waals surface area contributed by atoms with Crippen molar-refractivity contribution < 1.29 is 9.90 Å². The summed E-state index contributed by atoms with van der Waals surface area (Å²) in [6.07, 6.45) is 0.492. The Balaban J connectivity index is 2.00. The summed E-state index contributed by atoms with van der Waals surface area (Å²) in [5, 5.41) is 22.7. The van der Waals surface area contributed by atoms with Crippen LogP contribution < -0.4 is 0 Å². The molecule has 1 N–H and O–H groups in total. The highest BCUT2D eigenvalue weighted by atomic mass is 16.4. The smallest absolute Gasteiger partial charge is 0.328 e. The van der Waals surface area contributed by atoms with Crippen LogP contribution >= 0.6 is 0 Å². The van der Waals surface area contributed by atoms with Crippen molar-refractivity contribution in [1.82, 2.24) is 20.2 Å². The number of benzene rings is 2. The number of hydrogen-bond acceptors (Lipinski definition) is 4. The van der Waals surface area contributed by atoms with Crippen LogP contribution in [0.25, 0.3) is 10.8 Å². The average Bonchev–Trinajstić information content (AvgIpc) is 2.95. The van der Waals surface area contributed by atoms with E-state index in [4.69, 9.17) is 5.11 Å². The fourth-order valence-electron chi connectivity index (χ4n) is 2.35. The van der Waals surface area contributed by atoms with Gasteiger partial charge in [0.25, 0.3) is 0 Å². The predicted molar refractivity (Wildman–Crippen MR) is 76.9 cm³/mol. The lowest BCUT2D eigenvalue weighted by atomic mass is 10.0. The summed E-state index contributed by atoms with van der Waals surface area (Å²) in [5.41, 5.74) is 1.07. The second-order valence-electron chi connectivity index (χ2n) is 4.87. The van der Waals surface area contributed by atoms with Gasteiger partial charge in [-0.25, -0.2) is 9.48 Å². The van der Waals surface area contributed by atoms with Crippen molar-refractivity contribution in [2.45, 2.75) is 19.4 Å². The third kappa shape index (κ3) is 2.47. The van der Waals surface area contributed by atoms with Crippen molar-refractivity contribution in [2.75, 3.05) is 0 Å². The van der Waals surface area contributed by atoms with Gasteiger partial charge in [0.05, 0.1) is 0 Å². The summed E-state index contributed by atoms with van der Waals surface area (Å²) in [7, 11) is 0. The van der Waals surface area contributed by atoms with Gasteiger partial charge in [-0.15, -0.1) is 5.10 Å². The number of rotatable bonds is 4. The van der Waals surface area contributed by atoms with E-state index in [1.807, 2.05) is 42.5 Å². The Bertz CT molecular complexity index is 792. The number of carbonyl (C=O) groups is 1. The number of tetrazole rings is 1. The summed E-state index contributed by atoms with van der Waals surface area (Å²) in [5.74, 6) is -0.414. The number of nitrogens with zero attached hydrogens (tertiary/aromatic N) is 4. The van der Waals surface area contributed by atoms with Crippen molar-refractivity contribution in [3.05, 3.63) is 53.9 Å². The Morgan fingerprint density at radius 2 is 2.00 bits per heavy atom. The molecule has 0 spiro atoms. The standard InChI is InChI=1S/C15H14N4O2/c1-10(15(20)21)19-14(16-17-18-19)9-12-7-4-6-11-5-2-3-8-13(11)12/h2-8,10H,9H2,1H3,(H,20,21). The van der Waals surface area contributed by atoms with Crippen LogP contribution in [0.4, 0.5) is 0 Å². The van der Waals surface area contributed by atoms with E-state index in [-0.39, 0.29) is 0 Å². The summed E-state index contributed by atoms with van der Waals surface area (Å²) in [6.45, 7) is 1.56. The van der Waals surface area contributed by atoms with Crippen LogP contribution in [-0.4, -0.2) is 31.3 Å². The lowest BCUT2D eigenvalue weighted by Crippen LogP contribution is -2.19. The first-order chi connectivity index (χ1) is 10.2. The highest BCUT2D eigenvalue weighted by Gasteiger charge is 2.19. The third-order valence-corrected chi connectivity index (χ3v) is 3.51. The minimum Gasteiger partial charge on any atom is -0.480 e. The van der Waals surface area contributed by atoms with Crippen LogP contribution in [0.1, 0.15) is 24.4 Å². The minimum absolute atomic E-state index is 0.492. The first-order valence-corrected chi connectivity index (χ1v) is 6.63. The van der Waals surface area contributed by atoms with Crippen molar-refractivity contribution in [1.29, 1.82) is 0 Å². The Morgan fingerprint density at radius 1 is 1.24 bits per heavy atom. The lowest BCUT2D eigenvalue weighted by molar-refractivity contribution is -0.140. The van der Waals surface area contributed by atoms with Crippen LogP contribution in [0.5, 0.6) is 0 Å². The molecule has 6 nitrogen and oxygen atoms in total. The van der Waals surface area contributed by atoms with Crippen molar-refractivity contribution >= 4 is 16.7 Å². The molecule has 0 saturated heterocycles. The van der Waals surface area contributed by atoms with Crippen LogP contribution in [0, 0.1) is 0 Å². The molecular formula is C15H14N4O2. The number of carboxylic acid groups (broad SMARTS) is 1. The fourth-order valence-corrected chi connectivity index (χ4v) is 2.35. The Morgan fingerprint density at radius 3 is 2.81 bits per heavy atom. The van der Waals surface area contributed by atoms with Crippen LogP contribution in [0.15, 0.2) is 42.5 Å². The highest BCUT2D eigenvalue weighted by molar-refractivity contribution is 5.85. The van der Waals surface area contributed by atoms with E-state index >= 15 is 0 Å². The molecule has 0 saturated carbocycles. The first kappa shape index (κ1) is 13.2. The van der Waals surface area contributed by atoms with E-state index in [0.29, 0.717) is 12.2 Å². The first-order valence-electron chi connectivity index (χ1n) is 6.63. The Kier molecular flexibility index (Phi) is 3.35. The van der Waals surface area contributed by atoms with Gasteiger partial charge in [-0.05, 0) is 33.7 Å². The van der Waals surface area contributed by atoms with Crippen LogP contribution in [0.2, 0.25) is 0 Å². The molecule has 0 aliphatic carbocycles. The van der Waals surface area contributed by atoms with E-state index in [9.17, 15) is 4.79 Å². The zero-order valence-electron chi connectivity index (χ0n) is 11.5. The fraction of sp³-hybridized carbons (Fsp3) is 0.200. The quantitative estimate of drug-likeness (QED) is 0.792. The third-order valence-electron chi connectivity index (χ3n) is 3.51. The van der Waals surface area contributed by atoms with E-state index < -0.39 is 12.0 Å². The maximum atomic E-state index is 11.1. The van der Waals surface area contributed by atoms with Crippen molar-refractivity contribution in [3.63, 3.8) is 0 Å². The molecule has 0 radical (unpaired) electrons. The van der Waals surface area contributed by atoms with Crippen molar-refractivity contribution in [2.24, 2.45) is 0 Å². The molecule has 1 unspecified atom stereocenters. The number of aliphatic carboxylic acids is 1. The molecule has 6 heteroatoms. The number of aromatic nitrogens is 4. The number of fused-ring (bicyclic) bond motifs is 1. The molecular weight excluding hydrogens is 268 g/mol. The molecule has 1 aromatic heterocycles. The average molecular weight is 282 g/mol. The van der Waals surface area contributed by atoms with Gasteiger partial charge in [0.15, 0.2) is 5.82 Å². The van der Waals surface area contributed by atoms with E-state index in [1.165, 1.54) is 4.68 Å². The second-order valence-corrected chi connectivity index (χ2v) is 4.87. The largest absolute Gasteiger partial charge is 0.480 e. The maximum Gasteiger partial charge on any atom is 0.328 e. The summed E-state index contributed by atoms with van der Waals surface area (Å²) in [6, 6.07) is 13.3. The van der Waals surface area contributed by atoms with Crippen molar-refractivity contribution in [3.8, 4) is 0 Å². The molecule has 3 aromatic rings. The topological polar surface area (TPSA) is 80.9 Å². The summed E-state index contributed by atoms with van der Waals surface area (Å²) < 4.78 is 1.35. The van der Waals surface area contributed by atoms with Gasteiger partial charge >= 0.3 is 5.97 Å². The Hall–Kier alpha value is -2.76. The van der Waals surface area contributed by atoms with Gasteiger partial charge in [-0.3, -0.25) is 0 Å². The van der Waals surface area contributed by atoms with Gasteiger partial charge in [0.1, 0.15) is 6.04 Å². The molecule has 2 aromatic carbocycles. The molecule has 0 aliphatic heterocycles. The van der Waals surface area contributed by atoms with Gasteiger partial charge in [0.2, 0.25) is 0 Å². The van der Waals surface area contributed by atoms with Gasteiger partial charge in [0, 0.05) is 6.42 Å². The van der Waals surface area contributed by atoms with E-state index in [1.54, 1.807) is 6.92 Å². The highest BCUT2D eigenvalue weighted by Crippen LogP contribution is 2.21. The van der Waals surface area contributed by atoms with Crippen LogP contribution in [-0.2, 0) is 11.2 Å². The lowest BCUT2D eigenvalue weighted by Gasteiger charge is -2.10. The normalized spacial score (nSPS) is 12.4. The molecule has 0 aliphatic rings. The molecule has 3 rings (SSSR count). The monoisotopic (exact) mass is 282 g/mol. The maximum absolute atomic E-state index is 11.1. The Labute approximate surface area is 121 Å². The molecule has 106 valence electrons. The van der Waals surface area contributed by atoms with Gasteiger partial charge in [-0.1, -0.05) is 42.5 Å². The predicted octanol–water partition coefficient (Wildman–Crippen LogP) is 2.06. The van der Waals surface area contributed by atoms with Gasteiger partial charge in [-0.2, -0.15) is 0 Å². The molecule has 1 atom stereocenters. The molecule has 0 fully saturated rings. The van der Waals surface area contributed by atoms with Gasteiger partial charge < -0.3 is 5.11 Å². The summed E-state index contributed by atoms with van der Waals surface area (Å²) >= 11 is 0. The SMILES string of the molecule is CC(C(=O)O)n1nnnc1Cc1cccc2ccccc12. The van der Waals surface area contributed by atoms with E-state index in [2.05, 4.69) is 15.5 Å². The zero-order valence-corrected chi connectivity index (χ0v) is 11.5. The molecule has 0 bridgehead atoms. The zero-order chi connectivity index (χ0) is 14.8. The van der Waals surface area contributed by atoms with E-state index in [0.717, 1.165) is 16.3 Å². The summed E-state index contributed by atoms with van der Waals surface area (Å²) in [4.78, 5) is 11.1. The molecule has 1 heterocycles. The minimum atomic E-state index is -0.957. The molecule has 0 amide bonds. The van der Waals surface area contributed by atoms with Crippen LogP contribution in [0.3, 0.4) is 0 Å². The molecule has 21 heavy (non-hydrogen) atoms.